The summed E-state index contributed by atoms with van der Waals surface area (Å²) in [5.74, 6) is 6.66. The maximum Gasteiger partial charge on any atom is 0.338 e. The van der Waals surface area contributed by atoms with Crippen molar-refractivity contribution in [3.05, 3.63) is 122 Å². The Morgan fingerprint density at radius 3 is 1.00 bits per heavy atom. The Balaban J connectivity index is 0.000000235. The van der Waals surface area contributed by atoms with E-state index in [9.17, 15) is 24.6 Å². The Bertz CT molecular complexity index is 3800. The standard InChI is InChI=1S/C31H47NO5.C27H39NO5.C16H30O4.C15H18INO/c1-20(2)27-26(32-28(36-27)25-14-13-21(3)22(4)15-25)19-34-17-23-11-10-12-24(16-23)18-35-31(8,9)29(33)37-30(5,6)7;1-17(2)24-23(28-25(33-24)22-11-10-18(3)19(4)12-22)16-31-14-20-8-7-9-21(13-20)15-32-27(5,6)26(29)30;1-15(2,3)20-14(18)16(4,5)19-11-13-8-6-7-12(9-13)10-17;1-9(2)14-13(8-16)17-15(18-14)12-6-5-10(3)11(4)7-12/h13-15,20,23-24H,10-12,16-19H2,1-9H3;10-12,17,20-21H,7-9,13-16H2,1-6H3,(H,29,30);12-13,17H,6-11H2,1-5H3;5-7,9H,8H2,1-4H3/t23-,24+;20-,21+;12-,13+;/m000./s1. The van der Waals surface area contributed by atoms with Crippen molar-refractivity contribution in [2.45, 2.75) is 307 Å². The fraction of sp³-hybridized carbons (Fsp3) is 0.663. The lowest BCUT2D eigenvalue weighted by atomic mass is 9.82. The lowest BCUT2D eigenvalue weighted by Crippen LogP contribution is -2.42. The van der Waals surface area contributed by atoms with Crippen LogP contribution in [0.25, 0.3) is 34.4 Å². The number of aliphatic hydroxyl groups excluding tert-OH is 1. The molecule has 0 spiro atoms. The number of benzene rings is 3. The molecule has 0 saturated heterocycles. The second-order valence-electron chi connectivity index (χ2n) is 35.2. The van der Waals surface area contributed by atoms with Crippen LogP contribution in [-0.2, 0) is 65.2 Å². The Labute approximate surface area is 661 Å². The first-order chi connectivity index (χ1) is 50.5. The molecule has 108 heavy (non-hydrogen) atoms. The number of rotatable bonds is 28. The van der Waals surface area contributed by atoms with Crippen molar-refractivity contribution in [1.82, 2.24) is 15.0 Å². The highest BCUT2D eigenvalue weighted by Crippen LogP contribution is 2.37. The van der Waals surface area contributed by atoms with Crippen molar-refractivity contribution < 1.29 is 71.0 Å². The molecule has 9 rings (SSSR count). The van der Waals surface area contributed by atoms with Gasteiger partial charge in [0, 0.05) is 58.7 Å². The molecular weight excluding hydrogens is 1480 g/mol. The number of aryl methyl sites for hydroxylation is 6. The van der Waals surface area contributed by atoms with Gasteiger partial charge in [-0.3, -0.25) is 0 Å². The van der Waals surface area contributed by atoms with Crippen LogP contribution in [0, 0.1) is 77.0 Å². The molecule has 0 radical (unpaired) electrons. The molecule has 6 aromatic rings. The number of alkyl halides is 1. The third kappa shape index (κ3) is 28.7. The largest absolute Gasteiger partial charge is 0.479 e. The fourth-order valence-electron chi connectivity index (χ4n) is 13.5. The Morgan fingerprint density at radius 1 is 0.435 bits per heavy atom. The van der Waals surface area contributed by atoms with Crippen molar-refractivity contribution in [3.63, 3.8) is 0 Å². The number of esters is 2. The predicted molar refractivity (Wildman–Crippen MR) is 436 cm³/mol. The zero-order valence-corrected chi connectivity index (χ0v) is 72.3. The zero-order valence-electron chi connectivity index (χ0n) is 70.2. The van der Waals surface area contributed by atoms with Crippen LogP contribution in [0.3, 0.4) is 0 Å². The highest BCUT2D eigenvalue weighted by atomic mass is 127. The molecule has 3 fully saturated rings. The Hall–Kier alpha value is -5.81. The van der Waals surface area contributed by atoms with Crippen LogP contribution in [-0.4, -0.2) is 111 Å². The van der Waals surface area contributed by atoms with Crippen LogP contribution in [0.2, 0.25) is 0 Å². The smallest absolute Gasteiger partial charge is 0.338 e. The minimum Gasteiger partial charge on any atom is -0.479 e. The summed E-state index contributed by atoms with van der Waals surface area (Å²) in [6, 6.07) is 18.9. The number of ether oxygens (including phenoxy) is 7. The van der Waals surface area contributed by atoms with E-state index in [0.29, 0.717) is 99.5 Å². The Kier molecular flexibility index (Phi) is 34.7. The number of carboxylic acid groups (broad SMARTS) is 1. The quantitative estimate of drug-likeness (QED) is 0.0264. The summed E-state index contributed by atoms with van der Waals surface area (Å²) in [5, 5.41) is 18.5. The van der Waals surface area contributed by atoms with Crippen molar-refractivity contribution in [1.29, 1.82) is 0 Å². The van der Waals surface area contributed by atoms with Gasteiger partial charge in [-0.25, -0.2) is 29.3 Å². The SMILES string of the molecule is CC(C)(C)OC(=O)C(C)(C)OC[C@@H]1CCC[C@H](CO)C1.Cc1ccc(-c2nc(CI)c(C(C)C)o2)cc1C.Cc1ccc(-c2nc(COC[C@H]3CCC[C@@H](COC(C)(C)C(=O)O)C3)c(C(C)C)o2)cc1C.Cc1ccc(-c2nc(COC[C@H]3CCC[C@@H](COC(C)(C)C(=O)OC(C)(C)C)C3)c(C(C)C)o2)cc1C. The summed E-state index contributed by atoms with van der Waals surface area (Å²) in [5.41, 5.74) is 9.37. The molecule has 6 atom stereocenters. The first-order valence-electron chi connectivity index (χ1n) is 39.6. The van der Waals surface area contributed by atoms with Gasteiger partial charge in [0.15, 0.2) is 16.8 Å². The normalized spacial score (nSPS) is 18.8. The predicted octanol–water partition coefficient (Wildman–Crippen LogP) is 21.8. The second-order valence-corrected chi connectivity index (χ2v) is 35.9. The number of oxazole rings is 3. The summed E-state index contributed by atoms with van der Waals surface area (Å²) >= 11 is 2.33. The molecule has 19 heteroatoms. The van der Waals surface area contributed by atoms with Gasteiger partial charge in [0.2, 0.25) is 17.7 Å². The highest BCUT2D eigenvalue weighted by molar-refractivity contribution is 14.1. The molecule has 3 aromatic heterocycles. The minimum atomic E-state index is -1.14. The summed E-state index contributed by atoms with van der Waals surface area (Å²) in [6.45, 7) is 51.0. The molecule has 0 amide bonds. The van der Waals surface area contributed by atoms with E-state index in [1.165, 1.54) is 33.4 Å². The number of halogens is 1. The topological polar surface area (TPSA) is 234 Å². The van der Waals surface area contributed by atoms with Gasteiger partial charge >= 0.3 is 17.9 Å². The van der Waals surface area contributed by atoms with E-state index in [0.717, 1.165) is 138 Å². The summed E-state index contributed by atoms with van der Waals surface area (Å²) in [7, 11) is 0. The molecule has 18 nitrogen and oxygen atoms in total. The van der Waals surface area contributed by atoms with Crippen molar-refractivity contribution in [2.75, 3.05) is 39.6 Å². The van der Waals surface area contributed by atoms with E-state index in [2.05, 4.69) is 165 Å². The molecular formula is C89H134IN3O15. The molecule has 602 valence electrons. The minimum absolute atomic E-state index is 0.227. The highest BCUT2D eigenvalue weighted by Gasteiger charge is 2.38. The number of carbonyl (C=O) groups excluding carboxylic acids is 2. The first-order valence-corrected chi connectivity index (χ1v) is 41.2. The van der Waals surface area contributed by atoms with E-state index >= 15 is 0 Å². The van der Waals surface area contributed by atoms with Gasteiger partial charge < -0.3 is 56.6 Å². The summed E-state index contributed by atoms with van der Waals surface area (Å²) < 4.78 is 59.9. The number of hydrogen-bond donors (Lipinski definition) is 2. The van der Waals surface area contributed by atoms with Gasteiger partial charge in [0.25, 0.3) is 0 Å². The maximum absolute atomic E-state index is 12.5. The van der Waals surface area contributed by atoms with Crippen LogP contribution < -0.4 is 0 Å². The number of carboxylic acids is 1. The molecule has 0 aliphatic heterocycles. The molecule has 3 aliphatic rings. The summed E-state index contributed by atoms with van der Waals surface area (Å²) in [6.07, 6.45) is 13.1. The van der Waals surface area contributed by atoms with Crippen molar-refractivity contribution in [3.8, 4) is 34.4 Å². The number of carbonyl (C=O) groups is 3. The first kappa shape index (κ1) is 91.1. The average Bonchev–Trinajstić information content (AvgIpc) is 1.68. The number of aliphatic carboxylic acids is 1. The van der Waals surface area contributed by atoms with E-state index in [1.54, 1.807) is 41.5 Å². The van der Waals surface area contributed by atoms with Crippen LogP contribution in [0.1, 0.15) is 287 Å². The van der Waals surface area contributed by atoms with E-state index in [4.69, 9.17) is 56.4 Å². The zero-order chi connectivity index (χ0) is 80.2. The van der Waals surface area contributed by atoms with Crippen LogP contribution >= 0.6 is 22.6 Å². The average molecular weight is 1610 g/mol. The van der Waals surface area contributed by atoms with Crippen molar-refractivity contribution >= 4 is 40.5 Å². The van der Waals surface area contributed by atoms with Crippen molar-refractivity contribution in [2.24, 2.45) is 35.5 Å². The lowest BCUT2D eigenvalue weighted by molar-refractivity contribution is -0.182. The van der Waals surface area contributed by atoms with E-state index < -0.39 is 34.0 Å². The number of aromatic nitrogens is 3. The van der Waals surface area contributed by atoms with E-state index in [-0.39, 0.29) is 30.4 Å². The fourth-order valence-corrected chi connectivity index (χ4v) is 14.0. The van der Waals surface area contributed by atoms with Gasteiger partial charge in [-0.1, -0.05) is 102 Å². The van der Waals surface area contributed by atoms with Gasteiger partial charge in [-0.05, 0) is 288 Å². The van der Waals surface area contributed by atoms with Crippen LogP contribution in [0.4, 0.5) is 0 Å². The van der Waals surface area contributed by atoms with Crippen LogP contribution in [0.5, 0.6) is 0 Å². The molecule has 3 heterocycles. The number of aliphatic hydroxyl groups is 1. The van der Waals surface area contributed by atoms with Gasteiger partial charge in [-0.2, -0.15) is 0 Å². The molecule has 3 aromatic carbocycles. The molecule has 3 saturated carbocycles. The second kappa shape index (κ2) is 41.1. The third-order valence-corrected chi connectivity index (χ3v) is 21.3. The maximum atomic E-state index is 12.5. The third-order valence-electron chi connectivity index (χ3n) is 20.6. The molecule has 0 bridgehead atoms. The number of hydrogen-bond acceptors (Lipinski definition) is 17. The van der Waals surface area contributed by atoms with Crippen LogP contribution in [0.15, 0.2) is 67.8 Å². The molecule has 2 N–H and O–H groups in total. The Morgan fingerprint density at radius 2 is 0.722 bits per heavy atom. The summed E-state index contributed by atoms with van der Waals surface area (Å²) in [4.78, 5) is 50.1. The van der Waals surface area contributed by atoms with Gasteiger partial charge in [0.1, 0.15) is 39.9 Å². The number of nitrogens with zero attached hydrogens (tertiary/aromatic N) is 3. The van der Waals surface area contributed by atoms with Gasteiger partial charge in [-0.15, -0.1) is 0 Å². The monoisotopic (exact) mass is 1610 g/mol. The van der Waals surface area contributed by atoms with E-state index in [1.807, 2.05) is 41.5 Å². The lowest BCUT2D eigenvalue weighted by Gasteiger charge is -2.33. The van der Waals surface area contributed by atoms with Gasteiger partial charge in [0.05, 0.1) is 38.7 Å². The molecule has 0 unspecified atom stereocenters. The molecule has 3 aliphatic carbocycles.